The quantitative estimate of drug-likeness (QED) is 0.714. The van der Waals surface area contributed by atoms with Crippen LogP contribution in [0.25, 0.3) is 0 Å². The maximum absolute atomic E-state index is 5.65. The van der Waals surface area contributed by atoms with Crippen LogP contribution < -0.4 is 4.74 Å². The molecular weight excluding hydrogens is 216 g/mol. The predicted octanol–water partition coefficient (Wildman–Crippen LogP) is 4.12. The lowest BCUT2D eigenvalue weighted by Gasteiger charge is -2.19. The maximum Gasteiger partial charge on any atom is 0.119 e. The van der Waals surface area contributed by atoms with Crippen LogP contribution in [0.3, 0.4) is 0 Å². The summed E-state index contributed by atoms with van der Waals surface area (Å²) in [6, 6.07) is 8.44. The monoisotopic (exact) mass is 238 g/mol. The second kappa shape index (κ2) is 6.19. The van der Waals surface area contributed by atoms with Gasteiger partial charge in [-0.25, -0.2) is 0 Å². The standard InChI is InChI=1S/C14H22OS/c1-5-16-11-10-15-13-8-6-12(7-9-13)14(2,3)4/h6-9H,5,10-11H2,1-4H3. The maximum atomic E-state index is 5.65. The number of rotatable bonds is 5. The second-order valence-electron chi connectivity index (χ2n) is 4.82. The normalized spacial score (nSPS) is 11.5. The Morgan fingerprint density at radius 1 is 1.12 bits per heavy atom. The van der Waals surface area contributed by atoms with Crippen molar-refractivity contribution >= 4 is 11.8 Å². The van der Waals surface area contributed by atoms with Crippen LogP contribution >= 0.6 is 11.8 Å². The SMILES string of the molecule is CCSCCOc1ccc(C(C)(C)C)cc1. The smallest absolute Gasteiger partial charge is 0.119 e. The van der Waals surface area contributed by atoms with Crippen LogP contribution in [0.4, 0.5) is 0 Å². The zero-order chi connectivity index (χ0) is 12.0. The molecule has 0 saturated carbocycles. The molecule has 1 aromatic rings. The van der Waals surface area contributed by atoms with Crippen molar-refractivity contribution in [1.82, 2.24) is 0 Å². The van der Waals surface area contributed by atoms with E-state index < -0.39 is 0 Å². The molecule has 0 aromatic heterocycles. The Bertz CT molecular complexity index is 298. The van der Waals surface area contributed by atoms with E-state index in [0.717, 1.165) is 23.9 Å². The van der Waals surface area contributed by atoms with Crippen LogP contribution in [0, 0.1) is 0 Å². The molecule has 0 spiro atoms. The number of ether oxygens (including phenoxy) is 1. The van der Waals surface area contributed by atoms with Gasteiger partial charge in [0.15, 0.2) is 0 Å². The Kier molecular flexibility index (Phi) is 5.20. The first-order valence-electron chi connectivity index (χ1n) is 5.85. The van der Waals surface area contributed by atoms with Crippen molar-refractivity contribution in [2.45, 2.75) is 33.1 Å². The molecule has 0 saturated heterocycles. The van der Waals surface area contributed by atoms with Gasteiger partial charge in [0.2, 0.25) is 0 Å². The molecule has 2 heteroatoms. The van der Waals surface area contributed by atoms with Gasteiger partial charge in [-0.05, 0) is 28.9 Å². The summed E-state index contributed by atoms with van der Waals surface area (Å²) in [5, 5.41) is 0. The van der Waals surface area contributed by atoms with Crippen molar-refractivity contribution in [3.63, 3.8) is 0 Å². The fourth-order valence-electron chi connectivity index (χ4n) is 1.41. The van der Waals surface area contributed by atoms with Crippen molar-refractivity contribution in [2.75, 3.05) is 18.1 Å². The summed E-state index contributed by atoms with van der Waals surface area (Å²) in [5.41, 5.74) is 1.57. The summed E-state index contributed by atoms with van der Waals surface area (Å²) in [4.78, 5) is 0. The molecule has 0 heterocycles. The van der Waals surface area contributed by atoms with E-state index in [0.29, 0.717) is 0 Å². The van der Waals surface area contributed by atoms with Crippen LogP contribution in [-0.4, -0.2) is 18.1 Å². The van der Waals surface area contributed by atoms with Crippen molar-refractivity contribution in [3.8, 4) is 5.75 Å². The average molecular weight is 238 g/mol. The van der Waals surface area contributed by atoms with Crippen molar-refractivity contribution in [1.29, 1.82) is 0 Å². The van der Waals surface area contributed by atoms with Crippen LogP contribution in [0.2, 0.25) is 0 Å². The Hall–Kier alpha value is -0.630. The van der Waals surface area contributed by atoms with Gasteiger partial charge < -0.3 is 4.74 Å². The topological polar surface area (TPSA) is 9.23 Å². The third-order valence-corrected chi connectivity index (χ3v) is 3.28. The zero-order valence-corrected chi connectivity index (χ0v) is 11.6. The van der Waals surface area contributed by atoms with Crippen LogP contribution in [0.1, 0.15) is 33.3 Å². The van der Waals surface area contributed by atoms with Crippen LogP contribution in [0.15, 0.2) is 24.3 Å². The van der Waals surface area contributed by atoms with Gasteiger partial charge in [-0.1, -0.05) is 39.8 Å². The summed E-state index contributed by atoms with van der Waals surface area (Å²) in [6.45, 7) is 9.64. The lowest BCUT2D eigenvalue weighted by atomic mass is 9.87. The number of hydrogen-bond acceptors (Lipinski definition) is 2. The lowest BCUT2D eigenvalue weighted by molar-refractivity contribution is 0.343. The molecule has 90 valence electrons. The summed E-state index contributed by atoms with van der Waals surface area (Å²) in [6.07, 6.45) is 0. The highest BCUT2D eigenvalue weighted by Crippen LogP contribution is 2.24. The third-order valence-electron chi connectivity index (χ3n) is 2.42. The highest BCUT2D eigenvalue weighted by Gasteiger charge is 2.12. The van der Waals surface area contributed by atoms with Gasteiger partial charge in [0.25, 0.3) is 0 Å². The van der Waals surface area contributed by atoms with Gasteiger partial charge in [0.05, 0.1) is 6.61 Å². The third kappa shape index (κ3) is 4.48. The van der Waals surface area contributed by atoms with E-state index in [2.05, 4.69) is 52.0 Å². The minimum Gasteiger partial charge on any atom is -0.493 e. The summed E-state index contributed by atoms with van der Waals surface area (Å²) in [5.74, 6) is 3.20. The summed E-state index contributed by atoms with van der Waals surface area (Å²) >= 11 is 1.91. The molecule has 1 nitrogen and oxygen atoms in total. The molecule has 0 N–H and O–H groups in total. The summed E-state index contributed by atoms with van der Waals surface area (Å²) in [7, 11) is 0. The molecule has 16 heavy (non-hydrogen) atoms. The molecular formula is C14H22OS. The van der Waals surface area contributed by atoms with Gasteiger partial charge in [0.1, 0.15) is 5.75 Å². The molecule has 0 aliphatic rings. The second-order valence-corrected chi connectivity index (χ2v) is 6.21. The molecule has 0 amide bonds. The van der Waals surface area contributed by atoms with Gasteiger partial charge >= 0.3 is 0 Å². The van der Waals surface area contributed by atoms with Gasteiger partial charge in [-0.2, -0.15) is 11.8 Å². The largest absolute Gasteiger partial charge is 0.493 e. The van der Waals surface area contributed by atoms with E-state index in [1.54, 1.807) is 0 Å². The highest BCUT2D eigenvalue weighted by molar-refractivity contribution is 7.99. The molecule has 0 aliphatic heterocycles. The molecule has 0 fully saturated rings. The van der Waals surface area contributed by atoms with E-state index in [-0.39, 0.29) is 5.41 Å². The van der Waals surface area contributed by atoms with E-state index in [1.165, 1.54) is 5.56 Å². The first-order chi connectivity index (χ1) is 7.54. The molecule has 1 aromatic carbocycles. The average Bonchev–Trinajstić information content (AvgIpc) is 2.24. The molecule has 0 bridgehead atoms. The van der Waals surface area contributed by atoms with Crippen LogP contribution in [0.5, 0.6) is 5.75 Å². The Morgan fingerprint density at radius 3 is 2.25 bits per heavy atom. The minimum absolute atomic E-state index is 0.219. The number of benzene rings is 1. The van der Waals surface area contributed by atoms with E-state index in [4.69, 9.17) is 4.74 Å². The van der Waals surface area contributed by atoms with Gasteiger partial charge in [-0.15, -0.1) is 0 Å². The first-order valence-corrected chi connectivity index (χ1v) is 7.00. The fourth-order valence-corrected chi connectivity index (χ4v) is 1.90. The number of thioether (sulfide) groups is 1. The molecule has 0 unspecified atom stereocenters. The lowest BCUT2D eigenvalue weighted by Crippen LogP contribution is -2.10. The zero-order valence-electron chi connectivity index (χ0n) is 10.7. The highest BCUT2D eigenvalue weighted by atomic mass is 32.2. The van der Waals surface area contributed by atoms with Gasteiger partial charge in [0, 0.05) is 5.75 Å². The van der Waals surface area contributed by atoms with E-state index in [1.807, 2.05) is 11.8 Å². The molecule has 0 radical (unpaired) electrons. The van der Waals surface area contributed by atoms with Crippen molar-refractivity contribution in [3.05, 3.63) is 29.8 Å². The first kappa shape index (κ1) is 13.4. The van der Waals surface area contributed by atoms with Crippen molar-refractivity contribution < 1.29 is 4.74 Å². The minimum atomic E-state index is 0.219. The number of hydrogen-bond donors (Lipinski definition) is 0. The Morgan fingerprint density at radius 2 is 1.75 bits per heavy atom. The fraction of sp³-hybridized carbons (Fsp3) is 0.571. The van der Waals surface area contributed by atoms with E-state index in [9.17, 15) is 0 Å². The molecule has 0 aliphatic carbocycles. The van der Waals surface area contributed by atoms with E-state index >= 15 is 0 Å². The van der Waals surface area contributed by atoms with Gasteiger partial charge in [-0.3, -0.25) is 0 Å². The van der Waals surface area contributed by atoms with Crippen molar-refractivity contribution in [2.24, 2.45) is 0 Å². The molecule has 1 rings (SSSR count). The van der Waals surface area contributed by atoms with Crippen LogP contribution in [-0.2, 0) is 5.41 Å². The Labute approximate surface area is 104 Å². The predicted molar refractivity (Wildman–Crippen MR) is 73.6 cm³/mol. The summed E-state index contributed by atoms with van der Waals surface area (Å²) < 4.78 is 5.65. The Balaban J connectivity index is 2.46. The molecule has 0 atom stereocenters.